The minimum atomic E-state index is -0.0928. The van der Waals surface area contributed by atoms with Gasteiger partial charge >= 0.3 is 0 Å². The number of hydrogen-bond donors (Lipinski definition) is 1. The highest BCUT2D eigenvalue weighted by molar-refractivity contribution is 7.17. The van der Waals surface area contributed by atoms with Gasteiger partial charge in [0.15, 0.2) is 18.2 Å². The van der Waals surface area contributed by atoms with E-state index < -0.39 is 0 Å². The predicted octanol–water partition coefficient (Wildman–Crippen LogP) is 4.52. The zero-order valence-corrected chi connectivity index (χ0v) is 16.8. The van der Waals surface area contributed by atoms with Crippen LogP contribution in [-0.4, -0.2) is 9.97 Å². The summed E-state index contributed by atoms with van der Waals surface area (Å²) in [6.07, 6.45) is 9.11. The van der Waals surface area contributed by atoms with Crippen molar-refractivity contribution in [3.63, 3.8) is 0 Å². The zero-order chi connectivity index (χ0) is 19.1. The maximum Gasteiger partial charge on any atom is 0.260 e. The number of fused-ring (bicyclic) bond motifs is 2. The molecule has 6 heteroatoms. The van der Waals surface area contributed by atoms with E-state index in [-0.39, 0.29) is 5.56 Å². The Hall–Kier alpha value is -2.50. The summed E-state index contributed by atoms with van der Waals surface area (Å²) in [6, 6.07) is 9.74. The number of halogens is 1. The van der Waals surface area contributed by atoms with E-state index in [1.54, 1.807) is 0 Å². The lowest BCUT2D eigenvalue weighted by molar-refractivity contribution is -0.689. The molecule has 0 saturated heterocycles. The van der Waals surface area contributed by atoms with E-state index in [0.29, 0.717) is 22.8 Å². The number of hydrogen-bond acceptors (Lipinski definition) is 3. The molecule has 0 amide bonds. The third-order valence-corrected chi connectivity index (χ3v) is 6.45. The summed E-state index contributed by atoms with van der Waals surface area (Å²) in [7, 11) is 0. The third kappa shape index (κ3) is 3.25. The summed E-state index contributed by atoms with van der Waals surface area (Å²) in [5.74, 6) is 0.683. The van der Waals surface area contributed by atoms with E-state index in [4.69, 9.17) is 16.6 Å². The second-order valence-corrected chi connectivity index (χ2v) is 8.52. The van der Waals surface area contributed by atoms with Gasteiger partial charge in [0.25, 0.3) is 5.56 Å². The molecule has 0 bridgehead atoms. The zero-order valence-electron chi connectivity index (χ0n) is 15.2. The van der Waals surface area contributed by atoms with Crippen LogP contribution in [0, 0.1) is 0 Å². The number of benzene rings is 1. The largest absolute Gasteiger partial charge is 0.305 e. The molecule has 1 N–H and O–H groups in total. The Kier molecular flexibility index (Phi) is 4.49. The average molecular weight is 409 g/mol. The molecule has 0 saturated carbocycles. The van der Waals surface area contributed by atoms with Crippen molar-refractivity contribution in [2.75, 3.05) is 0 Å². The highest BCUT2D eigenvalue weighted by Crippen LogP contribution is 2.31. The summed E-state index contributed by atoms with van der Waals surface area (Å²) in [5.41, 5.74) is 4.64. The van der Waals surface area contributed by atoms with Gasteiger partial charge in [-0.15, -0.1) is 11.3 Å². The van der Waals surface area contributed by atoms with Gasteiger partial charge in [-0.05, 0) is 48.9 Å². The molecule has 4 nitrogen and oxygen atoms in total. The Morgan fingerprint density at radius 1 is 1.11 bits per heavy atom. The van der Waals surface area contributed by atoms with Gasteiger partial charge in [-0.3, -0.25) is 4.79 Å². The summed E-state index contributed by atoms with van der Waals surface area (Å²) < 4.78 is 2.11. The van der Waals surface area contributed by atoms with Gasteiger partial charge in [-0.2, -0.15) is 4.57 Å². The first-order valence-electron chi connectivity index (χ1n) is 9.44. The van der Waals surface area contributed by atoms with Crippen LogP contribution in [0.4, 0.5) is 0 Å². The lowest BCUT2D eigenvalue weighted by Gasteiger charge is -2.13. The summed E-state index contributed by atoms with van der Waals surface area (Å²) in [6.45, 7) is 0.562. The molecule has 0 aliphatic heterocycles. The minimum Gasteiger partial charge on any atom is -0.305 e. The number of aromatic nitrogens is 3. The molecule has 0 fully saturated rings. The summed E-state index contributed by atoms with van der Waals surface area (Å²) >= 11 is 7.49. The summed E-state index contributed by atoms with van der Waals surface area (Å²) in [4.78, 5) is 21.3. The fraction of sp³-hybridized carbons (Fsp3) is 0.227. The van der Waals surface area contributed by atoms with Crippen LogP contribution in [0.25, 0.3) is 21.3 Å². The monoisotopic (exact) mass is 408 g/mol. The molecule has 4 aromatic rings. The first-order valence-corrected chi connectivity index (χ1v) is 10.7. The van der Waals surface area contributed by atoms with Crippen molar-refractivity contribution >= 4 is 33.2 Å². The molecule has 1 aliphatic carbocycles. The standard InChI is InChI=1S/C22H18ClN3OS/c23-17-7-5-15(6-8-17)18-13-28-22-20(18)21(27)24-19(25-22)12-26-10-9-14-3-1-2-4-16(14)11-26/h5-11,13H,1-4,12H2/p+1. The molecule has 28 heavy (non-hydrogen) atoms. The van der Waals surface area contributed by atoms with Gasteiger partial charge in [-0.1, -0.05) is 23.7 Å². The number of pyridine rings is 1. The van der Waals surface area contributed by atoms with Crippen molar-refractivity contribution in [3.8, 4) is 11.1 Å². The van der Waals surface area contributed by atoms with Crippen LogP contribution in [-0.2, 0) is 19.4 Å². The smallest absolute Gasteiger partial charge is 0.260 e. The van der Waals surface area contributed by atoms with Crippen LogP contribution in [0.3, 0.4) is 0 Å². The molecule has 0 unspecified atom stereocenters. The highest BCUT2D eigenvalue weighted by atomic mass is 35.5. The van der Waals surface area contributed by atoms with Crippen molar-refractivity contribution in [2.45, 2.75) is 32.2 Å². The molecule has 0 radical (unpaired) electrons. The number of nitrogens with one attached hydrogen (secondary N) is 1. The maximum atomic E-state index is 12.8. The first-order chi connectivity index (χ1) is 13.7. The van der Waals surface area contributed by atoms with E-state index in [9.17, 15) is 4.79 Å². The van der Waals surface area contributed by atoms with Crippen molar-refractivity contribution < 1.29 is 4.57 Å². The fourth-order valence-electron chi connectivity index (χ4n) is 3.90. The number of aryl methyl sites for hydroxylation is 2. The predicted molar refractivity (Wildman–Crippen MR) is 113 cm³/mol. The van der Waals surface area contributed by atoms with E-state index in [1.807, 2.05) is 29.6 Å². The van der Waals surface area contributed by atoms with E-state index in [2.05, 4.69) is 28.0 Å². The Balaban J connectivity index is 1.50. The molecule has 1 aromatic carbocycles. The summed E-state index contributed by atoms with van der Waals surface area (Å²) in [5, 5.41) is 3.32. The normalized spacial score (nSPS) is 13.6. The van der Waals surface area contributed by atoms with Crippen LogP contribution in [0.5, 0.6) is 0 Å². The van der Waals surface area contributed by atoms with E-state index in [0.717, 1.165) is 22.4 Å². The first kappa shape index (κ1) is 17.6. The van der Waals surface area contributed by atoms with Gasteiger partial charge in [0.05, 0.1) is 5.39 Å². The second-order valence-electron chi connectivity index (χ2n) is 7.22. The van der Waals surface area contributed by atoms with E-state index in [1.165, 1.54) is 41.7 Å². The Morgan fingerprint density at radius 3 is 2.71 bits per heavy atom. The van der Waals surface area contributed by atoms with Gasteiger partial charge < -0.3 is 4.98 Å². The van der Waals surface area contributed by atoms with Crippen LogP contribution in [0.1, 0.15) is 29.8 Å². The average Bonchev–Trinajstić information content (AvgIpc) is 3.13. The Morgan fingerprint density at radius 2 is 1.89 bits per heavy atom. The molecule has 3 aromatic heterocycles. The number of aromatic amines is 1. The number of rotatable bonds is 3. The second kappa shape index (κ2) is 7.15. The number of thiophene rings is 1. The van der Waals surface area contributed by atoms with Crippen molar-refractivity contribution in [1.82, 2.24) is 9.97 Å². The highest BCUT2D eigenvalue weighted by Gasteiger charge is 2.17. The topological polar surface area (TPSA) is 49.6 Å². The molecule has 140 valence electrons. The van der Waals surface area contributed by atoms with Crippen LogP contribution in [0.2, 0.25) is 5.02 Å². The fourth-order valence-corrected chi connectivity index (χ4v) is 4.99. The SMILES string of the molecule is O=c1[nH]c(C[n+]2ccc3c(c2)CCCC3)nc2scc(-c3ccc(Cl)cc3)c12. The molecule has 1 aliphatic rings. The number of nitrogens with zero attached hydrogens (tertiary/aromatic N) is 2. The molecule has 5 rings (SSSR count). The van der Waals surface area contributed by atoms with Gasteiger partial charge in [0, 0.05) is 27.6 Å². The molecule has 0 atom stereocenters. The Bertz CT molecular complexity index is 1230. The lowest BCUT2D eigenvalue weighted by atomic mass is 9.93. The van der Waals surface area contributed by atoms with Crippen LogP contribution >= 0.6 is 22.9 Å². The minimum absolute atomic E-state index is 0.0928. The van der Waals surface area contributed by atoms with Crippen LogP contribution in [0.15, 0.2) is 52.9 Å². The van der Waals surface area contributed by atoms with E-state index >= 15 is 0 Å². The third-order valence-electron chi connectivity index (χ3n) is 5.32. The Labute approximate surface area is 171 Å². The lowest BCUT2D eigenvalue weighted by Crippen LogP contribution is -2.36. The van der Waals surface area contributed by atoms with Gasteiger partial charge in [0.1, 0.15) is 4.83 Å². The molecule has 3 heterocycles. The quantitative estimate of drug-likeness (QED) is 0.507. The molecule has 0 spiro atoms. The van der Waals surface area contributed by atoms with Crippen LogP contribution < -0.4 is 10.1 Å². The van der Waals surface area contributed by atoms with Gasteiger partial charge in [0.2, 0.25) is 6.54 Å². The maximum absolute atomic E-state index is 12.8. The molecular weight excluding hydrogens is 390 g/mol. The van der Waals surface area contributed by atoms with Gasteiger partial charge in [-0.25, -0.2) is 4.98 Å². The number of H-pyrrole nitrogens is 1. The van der Waals surface area contributed by atoms with Crippen molar-refractivity contribution in [2.24, 2.45) is 0 Å². The molecular formula is C22H19ClN3OS+. The van der Waals surface area contributed by atoms with Crippen molar-refractivity contribution in [3.05, 3.63) is 80.4 Å². The van der Waals surface area contributed by atoms with Crippen molar-refractivity contribution in [1.29, 1.82) is 0 Å².